The second-order valence-electron chi connectivity index (χ2n) is 9.85. The molecule has 0 heterocycles. The summed E-state index contributed by atoms with van der Waals surface area (Å²) in [7, 11) is 0. The fourth-order valence-corrected chi connectivity index (χ4v) is 5.82. The van der Waals surface area contributed by atoms with E-state index in [1.54, 1.807) is 50.2 Å². The van der Waals surface area contributed by atoms with Crippen LogP contribution in [0.15, 0.2) is 18.2 Å². The minimum atomic E-state index is 0. The molecule has 0 aromatic heterocycles. The average Bonchev–Trinajstić information content (AvgIpc) is 2.90. The van der Waals surface area contributed by atoms with Gasteiger partial charge in [0.1, 0.15) is 0 Å². The number of rotatable bonds is 2. The van der Waals surface area contributed by atoms with Crippen LogP contribution in [-0.2, 0) is 54.8 Å². The first-order valence-corrected chi connectivity index (χ1v) is 11.3. The van der Waals surface area contributed by atoms with Crippen LogP contribution in [0.5, 0.6) is 0 Å². The molecule has 0 radical (unpaired) electrons. The summed E-state index contributed by atoms with van der Waals surface area (Å²) in [4.78, 5) is 0. The van der Waals surface area contributed by atoms with E-state index >= 15 is 0 Å². The van der Waals surface area contributed by atoms with Crippen molar-refractivity contribution in [2.24, 2.45) is 0 Å². The first kappa shape index (κ1) is 25.9. The SMILES string of the molecule is CCc1cc2c(cc1C(C)(C)C)-c1cc(C(C)(C)C)c(CC)[c]([Zr])c1C2.Cl.Cl. The molecule has 1 aliphatic carbocycles. The van der Waals surface area contributed by atoms with Crippen LogP contribution in [-0.4, -0.2) is 0 Å². The van der Waals surface area contributed by atoms with Gasteiger partial charge in [-0.2, -0.15) is 0 Å². The Kier molecular flexibility index (Phi) is 8.29. The van der Waals surface area contributed by atoms with E-state index in [1.165, 1.54) is 22.3 Å². The third kappa shape index (κ3) is 4.48. The number of halogens is 2. The van der Waals surface area contributed by atoms with Crippen molar-refractivity contribution < 1.29 is 24.7 Å². The van der Waals surface area contributed by atoms with Gasteiger partial charge in [0, 0.05) is 0 Å². The van der Waals surface area contributed by atoms with E-state index in [-0.39, 0.29) is 35.6 Å². The van der Waals surface area contributed by atoms with Crippen molar-refractivity contribution in [1.29, 1.82) is 0 Å². The van der Waals surface area contributed by atoms with Crippen LogP contribution in [0.25, 0.3) is 11.1 Å². The fraction of sp³-hybridized carbons (Fsp3) is 0.520. The van der Waals surface area contributed by atoms with Gasteiger partial charge in [0.25, 0.3) is 0 Å². The molecule has 1 aliphatic rings. The van der Waals surface area contributed by atoms with Gasteiger partial charge in [-0.1, -0.05) is 0 Å². The Morgan fingerprint density at radius 1 is 0.786 bits per heavy atom. The molecule has 3 heteroatoms. The third-order valence-corrected chi connectivity index (χ3v) is 7.36. The fourth-order valence-electron chi connectivity index (χ4n) is 4.50. The van der Waals surface area contributed by atoms with Gasteiger partial charge >= 0.3 is 176 Å². The molecule has 0 saturated heterocycles. The molecule has 0 atom stereocenters. The van der Waals surface area contributed by atoms with Crippen molar-refractivity contribution >= 4 is 28.1 Å². The predicted octanol–water partition coefficient (Wildman–Crippen LogP) is 6.99. The van der Waals surface area contributed by atoms with Gasteiger partial charge < -0.3 is 0 Å². The summed E-state index contributed by atoms with van der Waals surface area (Å²) < 4.78 is 1.62. The van der Waals surface area contributed by atoms with Crippen LogP contribution in [0.2, 0.25) is 0 Å². The summed E-state index contributed by atoms with van der Waals surface area (Å²) in [6, 6.07) is 7.56. The second kappa shape index (κ2) is 8.95. The van der Waals surface area contributed by atoms with Crippen LogP contribution in [0.1, 0.15) is 88.8 Å². The standard InChI is InChI=1S/C25H33.2ClH.Zr/c1-9-16-11-18-13-19-12-17(10-2)23(25(6,7)8)15-21(19)20(18)14-22(16)24(3,4)5;;;/h11,14-15H,9-10,13H2,1-8H3;2*1H;. The van der Waals surface area contributed by atoms with E-state index in [0.29, 0.717) is 0 Å². The molecule has 153 valence electrons. The molecule has 28 heavy (non-hydrogen) atoms. The first-order valence-electron chi connectivity index (χ1n) is 10.1. The molecule has 3 rings (SSSR count). The van der Waals surface area contributed by atoms with E-state index in [0.717, 1.165) is 19.3 Å². The van der Waals surface area contributed by atoms with Gasteiger partial charge in [-0.3, -0.25) is 0 Å². The number of aryl methyl sites for hydroxylation is 1. The minimum Gasteiger partial charge on any atom is -0.147 e. The van der Waals surface area contributed by atoms with Crippen molar-refractivity contribution in [3.8, 4) is 11.1 Å². The van der Waals surface area contributed by atoms with E-state index in [4.69, 9.17) is 0 Å². The van der Waals surface area contributed by atoms with Crippen LogP contribution in [0.4, 0.5) is 0 Å². The molecule has 0 N–H and O–H groups in total. The Hall–Kier alpha value is -0.0969. The summed E-state index contributed by atoms with van der Waals surface area (Å²) in [5.74, 6) is 0. The van der Waals surface area contributed by atoms with Crippen LogP contribution < -0.4 is 3.27 Å². The van der Waals surface area contributed by atoms with Gasteiger partial charge in [0.15, 0.2) is 0 Å². The Morgan fingerprint density at radius 3 is 1.79 bits per heavy atom. The Labute approximate surface area is 200 Å². The smallest absolute Gasteiger partial charge is 0.147 e. The average molecular weight is 498 g/mol. The van der Waals surface area contributed by atoms with Gasteiger partial charge in [0.05, 0.1) is 0 Å². The van der Waals surface area contributed by atoms with E-state index in [9.17, 15) is 0 Å². The van der Waals surface area contributed by atoms with Crippen molar-refractivity contribution in [3.05, 3.63) is 51.6 Å². The van der Waals surface area contributed by atoms with Crippen LogP contribution in [0.3, 0.4) is 0 Å². The monoisotopic (exact) mass is 495 g/mol. The summed E-state index contributed by atoms with van der Waals surface area (Å²) in [6.45, 7) is 18.7. The van der Waals surface area contributed by atoms with Gasteiger partial charge in [-0.15, -0.1) is 24.8 Å². The maximum atomic E-state index is 2.53. The summed E-state index contributed by atoms with van der Waals surface area (Å²) in [6.07, 6.45) is 3.39. The topological polar surface area (TPSA) is 0 Å². The molecule has 0 saturated carbocycles. The first-order chi connectivity index (χ1) is 12.0. The van der Waals surface area contributed by atoms with Crippen LogP contribution >= 0.6 is 24.8 Å². The molecule has 0 spiro atoms. The summed E-state index contributed by atoms with van der Waals surface area (Å²) >= 11 is 1.57. The van der Waals surface area contributed by atoms with E-state index in [1.807, 2.05) is 0 Å². The third-order valence-electron chi connectivity index (χ3n) is 5.88. The molecule has 0 bridgehead atoms. The van der Waals surface area contributed by atoms with Crippen molar-refractivity contribution in [3.63, 3.8) is 0 Å². The number of benzene rings is 2. The molecule has 0 unspecified atom stereocenters. The van der Waals surface area contributed by atoms with Crippen molar-refractivity contribution in [1.82, 2.24) is 0 Å². The molecule has 0 aliphatic heterocycles. The van der Waals surface area contributed by atoms with Gasteiger partial charge in [0.2, 0.25) is 0 Å². The minimum absolute atomic E-state index is 0. The zero-order chi connectivity index (χ0) is 19.4. The molecule has 0 nitrogen and oxygen atoms in total. The zero-order valence-electron chi connectivity index (χ0n) is 18.7. The molecular formula is C25H35Cl2Zr. The summed E-state index contributed by atoms with van der Waals surface area (Å²) in [5.41, 5.74) is 12.8. The maximum Gasteiger partial charge on any atom is -0.147 e. The predicted molar refractivity (Wildman–Crippen MR) is 125 cm³/mol. The van der Waals surface area contributed by atoms with Gasteiger partial charge in [-0.05, 0) is 0 Å². The second-order valence-corrected chi connectivity index (χ2v) is 11.1. The van der Waals surface area contributed by atoms with E-state index in [2.05, 4.69) is 73.6 Å². The van der Waals surface area contributed by atoms with Crippen molar-refractivity contribution in [2.75, 3.05) is 0 Å². The Balaban J connectivity index is 0.00000196. The van der Waals surface area contributed by atoms with Crippen molar-refractivity contribution in [2.45, 2.75) is 85.5 Å². The number of hydrogen-bond donors (Lipinski definition) is 0. The molecular weight excluding hydrogens is 462 g/mol. The quantitative estimate of drug-likeness (QED) is 0.358. The zero-order valence-corrected chi connectivity index (χ0v) is 22.8. The number of fused-ring (bicyclic) bond motifs is 3. The Bertz CT molecular complexity index is 868. The Morgan fingerprint density at radius 2 is 1.32 bits per heavy atom. The molecule has 2 aromatic rings. The maximum absolute atomic E-state index is 2.53. The van der Waals surface area contributed by atoms with E-state index < -0.39 is 0 Å². The largest absolute Gasteiger partial charge is 0.147 e. The molecule has 0 amide bonds. The normalized spacial score (nSPS) is 12.7. The number of hydrogen-bond acceptors (Lipinski definition) is 0. The molecule has 2 aromatic carbocycles. The molecule has 0 fully saturated rings. The van der Waals surface area contributed by atoms with Gasteiger partial charge in [-0.25, -0.2) is 0 Å². The summed E-state index contributed by atoms with van der Waals surface area (Å²) in [5, 5.41) is 0. The van der Waals surface area contributed by atoms with Crippen LogP contribution in [0, 0.1) is 0 Å².